The summed E-state index contributed by atoms with van der Waals surface area (Å²) in [6, 6.07) is 5.68. The smallest absolute Gasteiger partial charge is 0.260 e. The van der Waals surface area contributed by atoms with Crippen molar-refractivity contribution in [1.82, 2.24) is 0 Å². The molecule has 0 saturated heterocycles. The molecule has 4 nitrogen and oxygen atoms in total. The third-order valence-corrected chi connectivity index (χ3v) is 3.74. The van der Waals surface area contributed by atoms with Crippen LogP contribution in [0.3, 0.4) is 0 Å². The minimum atomic E-state index is -1.01. The van der Waals surface area contributed by atoms with Gasteiger partial charge in [-0.15, -0.1) is 11.8 Å². The van der Waals surface area contributed by atoms with Gasteiger partial charge in [0.25, 0.3) is 5.91 Å². The van der Waals surface area contributed by atoms with Crippen LogP contribution < -0.4 is 4.90 Å². The molecule has 17 heavy (non-hydrogen) atoms. The number of carbonyl (C=O) groups is 1. The van der Waals surface area contributed by atoms with E-state index in [2.05, 4.69) is 0 Å². The standard InChI is InChI=1S/C12H15NO3S/c1-13-10-7-8(17-6-5-16-2)3-4-9(10)11(14)12(13)15/h3-4,7,11,14H,5-6H2,1-2H3. The fraction of sp³-hybridized carbons (Fsp3) is 0.417. The van der Waals surface area contributed by atoms with Gasteiger partial charge in [-0.2, -0.15) is 0 Å². The van der Waals surface area contributed by atoms with Crippen LogP contribution in [0.15, 0.2) is 23.1 Å². The summed E-state index contributed by atoms with van der Waals surface area (Å²) >= 11 is 1.67. The Morgan fingerprint density at radius 1 is 1.53 bits per heavy atom. The number of anilines is 1. The number of carbonyl (C=O) groups excluding carboxylic acids is 1. The largest absolute Gasteiger partial charge is 0.384 e. The minimum Gasteiger partial charge on any atom is -0.384 e. The van der Waals surface area contributed by atoms with Crippen molar-refractivity contribution < 1.29 is 14.6 Å². The molecule has 0 bridgehead atoms. The van der Waals surface area contributed by atoms with Crippen LogP contribution in [0, 0.1) is 0 Å². The van der Waals surface area contributed by atoms with Gasteiger partial charge in [0.15, 0.2) is 6.10 Å². The lowest BCUT2D eigenvalue weighted by atomic mass is 10.1. The second-order valence-corrected chi connectivity index (χ2v) is 5.03. The number of aliphatic hydroxyl groups is 1. The molecule has 1 aromatic carbocycles. The zero-order chi connectivity index (χ0) is 12.4. The van der Waals surface area contributed by atoms with Crippen LogP contribution in [-0.2, 0) is 9.53 Å². The highest BCUT2D eigenvalue weighted by Crippen LogP contribution is 2.37. The summed E-state index contributed by atoms with van der Waals surface area (Å²) in [5, 5.41) is 9.71. The lowest BCUT2D eigenvalue weighted by molar-refractivity contribution is -0.125. The van der Waals surface area contributed by atoms with Gasteiger partial charge < -0.3 is 14.7 Å². The average molecular weight is 253 g/mol. The number of thioether (sulfide) groups is 1. The van der Waals surface area contributed by atoms with Gasteiger partial charge in [0.05, 0.1) is 12.3 Å². The molecule has 92 valence electrons. The molecule has 1 atom stereocenters. The van der Waals surface area contributed by atoms with Gasteiger partial charge in [-0.1, -0.05) is 6.07 Å². The van der Waals surface area contributed by atoms with E-state index in [0.717, 1.165) is 16.3 Å². The molecule has 0 fully saturated rings. The topological polar surface area (TPSA) is 49.8 Å². The first kappa shape index (κ1) is 12.4. The fourth-order valence-electron chi connectivity index (χ4n) is 1.81. The third kappa shape index (κ3) is 2.31. The average Bonchev–Trinajstić information content (AvgIpc) is 2.55. The Labute approximate surface area is 105 Å². The first-order valence-corrected chi connectivity index (χ1v) is 6.35. The van der Waals surface area contributed by atoms with Crippen molar-refractivity contribution in [2.75, 3.05) is 31.4 Å². The van der Waals surface area contributed by atoms with Crippen LogP contribution in [0.2, 0.25) is 0 Å². The lowest BCUT2D eigenvalue weighted by Crippen LogP contribution is -2.23. The van der Waals surface area contributed by atoms with Crippen molar-refractivity contribution >= 4 is 23.4 Å². The summed E-state index contributed by atoms with van der Waals surface area (Å²) < 4.78 is 4.99. The third-order valence-electron chi connectivity index (χ3n) is 2.78. The zero-order valence-electron chi connectivity index (χ0n) is 9.84. The van der Waals surface area contributed by atoms with Crippen molar-refractivity contribution in [1.29, 1.82) is 0 Å². The number of rotatable bonds is 4. The molecule has 1 aromatic rings. The number of nitrogens with zero attached hydrogens (tertiary/aromatic N) is 1. The molecule has 5 heteroatoms. The number of likely N-dealkylation sites (N-methyl/N-ethyl adjacent to an activating group) is 1. The van der Waals surface area contributed by atoms with Crippen molar-refractivity contribution in [3.8, 4) is 0 Å². The van der Waals surface area contributed by atoms with Gasteiger partial charge in [0, 0.05) is 30.4 Å². The summed E-state index contributed by atoms with van der Waals surface area (Å²) in [7, 11) is 3.35. The molecule has 1 aliphatic heterocycles. The molecular formula is C12H15NO3S. The predicted molar refractivity (Wildman–Crippen MR) is 67.4 cm³/mol. The van der Waals surface area contributed by atoms with Crippen LogP contribution in [0.25, 0.3) is 0 Å². The van der Waals surface area contributed by atoms with Crippen molar-refractivity contribution in [3.05, 3.63) is 23.8 Å². The quantitative estimate of drug-likeness (QED) is 0.651. The van der Waals surface area contributed by atoms with Gasteiger partial charge >= 0.3 is 0 Å². The van der Waals surface area contributed by atoms with E-state index >= 15 is 0 Å². The number of benzene rings is 1. The Bertz CT molecular complexity index is 436. The SMILES string of the molecule is COCCSc1ccc2c(c1)N(C)C(=O)C2O. The molecule has 1 N–H and O–H groups in total. The van der Waals surface area contributed by atoms with Gasteiger partial charge in [0.2, 0.25) is 0 Å². The first-order chi connectivity index (χ1) is 8.15. The van der Waals surface area contributed by atoms with Gasteiger partial charge in [0.1, 0.15) is 0 Å². The number of methoxy groups -OCH3 is 1. The molecule has 1 unspecified atom stereocenters. The Hall–Kier alpha value is -1.04. The number of amides is 1. The van der Waals surface area contributed by atoms with E-state index in [9.17, 15) is 9.90 Å². The molecule has 0 radical (unpaired) electrons. The van der Waals surface area contributed by atoms with E-state index in [1.165, 1.54) is 4.90 Å². The van der Waals surface area contributed by atoms with Gasteiger partial charge in [-0.05, 0) is 12.1 Å². The Morgan fingerprint density at radius 3 is 3.00 bits per heavy atom. The van der Waals surface area contributed by atoms with Crippen molar-refractivity contribution in [2.24, 2.45) is 0 Å². The van der Waals surface area contributed by atoms with Crippen LogP contribution in [0.5, 0.6) is 0 Å². The van der Waals surface area contributed by atoms with Gasteiger partial charge in [-0.25, -0.2) is 0 Å². The predicted octanol–water partition coefficient (Wildman–Crippen LogP) is 1.43. The van der Waals surface area contributed by atoms with E-state index < -0.39 is 6.10 Å². The maximum absolute atomic E-state index is 11.6. The molecule has 0 aliphatic carbocycles. The van der Waals surface area contributed by atoms with Crippen LogP contribution in [-0.4, -0.2) is 37.5 Å². The van der Waals surface area contributed by atoms with E-state index in [1.807, 2.05) is 18.2 Å². The van der Waals surface area contributed by atoms with E-state index in [-0.39, 0.29) is 5.91 Å². The van der Waals surface area contributed by atoms with Crippen LogP contribution in [0.4, 0.5) is 5.69 Å². The lowest BCUT2D eigenvalue weighted by Gasteiger charge is -2.10. The summed E-state index contributed by atoms with van der Waals surface area (Å²) in [5.41, 5.74) is 1.48. The summed E-state index contributed by atoms with van der Waals surface area (Å²) in [6.45, 7) is 0.694. The van der Waals surface area contributed by atoms with E-state index in [4.69, 9.17) is 4.74 Å². The number of ether oxygens (including phenoxy) is 1. The molecule has 1 heterocycles. The molecule has 0 saturated carbocycles. The van der Waals surface area contributed by atoms with E-state index in [0.29, 0.717) is 12.2 Å². The summed E-state index contributed by atoms with van der Waals surface area (Å²) in [4.78, 5) is 14.2. The zero-order valence-corrected chi connectivity index (χ0v) is 10.7. The van der Waals surface area contributed by atoms with Crippen LogP contribution in [0.1, 0.15) is 11.7 Å². The summed E-state index contributed by atoms with van der Waals surface area (Å²) in [6.07, 6.45) is -1.01. The maximum Gasteiger partial charge on any atom is 0.260 e. The highest BCUT2D eigenvalue weighted by atomic mass is 32.2. The fourth-order valence-corrected chi connectivity index (χ4v) is 2.66. The Balaban J connectivity index is 2.18. The van der Waals surface area contributed by atoms with Crippen molar-refractivity contribution in [2.45, 2.75) is 11.0 Å². The van der Waals surface area contributed by atoms with Crippen molar-refractivity contribution in [3.63, 3.8) is 0 Å². The molecule has 2 rings (SSSR count). The Kier molecular flexibility index (Phi) is 3.71. The van der Waals surface area contributed by atoms with Crippen LogP contribution >= 0.6 is 11.8 Å². The second-order valence-electron chi connectivity index (χ2n) is 3.86. The van der Waals surface area contributed by atoms with Gasteiger partial charge in [-0.3, -0.25) is 4.79 Å². The number of hydrogen-bond donors (Lipinski definition) is 1. The second kappa shape index (κ2) is 5.08. The van der Waals surface area contributed by atoms with E-state index in [1.54, 1.807) is 25.9 Å². The summed E-state index contributed by atoms with van der Waals surface area (Å²) in [5.74, 6) is 0.606. The highest BCUT2D eigenvalue weighted by molar-refractivity contribution is 7.99. The highest BCUT2D eigenvalue weighted by Gasteiger charge is 2.33. The number of aliphatic hydroxyl groups excluding tert-OH is 1. The monoisotopic (exact) mass is 253 g/mol. The first-order valence-electron chi connectivity index (χ1n) is 5.36. The maximum atomic E-state index is 11.6. The minimum absolute atomic E-state index is 0.265. The molecule has 0 aromatic heterocycles. The normalized spacial score (nSPS) is 18.6. The molecular weight excluding hydrogens is 238 g/mol. The Morgan fingerprint density at radius 2 is 2.29 bits per heavy atom. The molecule has 1 amide bonds. The number of hydrogen-bond acceptors (Lipinski definition) is 4. The molecule has 1 aliphatic rings. The molecule has 0 spiro atoms. The number of fused-ring (bicyclic) bond motifs is 1.